The molecule has 2 fully saturated rings. The fourth-order valence-corrected chi connectivity index (χ4v) is 5.04. The molecule has 0 bridgehead atoms. The molecule has 0 aromatic heterocycles. The highest BCUT2D eigenvalue weighted by molar-refractivity contribution is 7.89. The quantitative estimate of drug-likeness (QED) is 0.687. The SMILES string of the molecule is O=C(CNS(=O)(=O)CC1CCOCC1)c1cc(C2CCCO2)cc(Cl)c1F. The van der Waals surface area contributed by atoms with Gasteiger partial charge in [-0.3, -0.25) is 4.79 Å². The maximum atomic E-state index is 14.3. The fourth-order valence-electron chi connectivity index (χ4n) is 3.39. The summed E-state index contributed by atoms with van der Waals surface area (Å²) >= 11 is 5.93. The molecule has 9 heteroatoms. The van der Waals surface area contributed by atoms with Crippen molar-refractivity contribution in [2.75, 3.05) is 32.1 Å². The van der Waals surface area contributed by atoms with Crippen LogP contribution in [-0.4, -0.2) is 46.3 Å². The highest BCUT2D eigenvalue weighted by atomic mass is 35.5. The third-order valence-electron chi connectivity index (χ3n) is 4.90. The van der Waals surface area contributed by atoms with E-state index in [1.807, 2.05) is 0 Å². The van der Waals surface area contributed by atoms with Crippen molar-refractivity contribution in [1.82, 2.24) is 4.72 Å². The summed E-state index contributed by atoms with van der Waals surface area (Å²) in [6.45, 7) is 1.18. The smallest absolute Gasteiger partial charge is 0.212 e. The molecule has 0 amide bonds. The van der Waals surface area contributed by atoms with Gasteiger partial charge in [-0.05, 0) is 49.3 Å². The van der Waals surface area contributed by atoms with E-state index in [-0.39, 0.29) is 28.4 Å². The number of benzene rings is 1. The number of sulfonamides is 1. The van der Waals surface area contributed by atoms with Crippen LogP contribution in [0.2, 0.25) is 5.02 Å². The van der Waals surface area contributed by atoms with Crippen LogP contribution in [0.1, 0.15) is 47.7 Å². The molecule has 150 valence electrons. The summed E-state index contributed by atoms with van der Waals surface area (Å²) in [5, 5.41) is -0.170. The van der Waals surface area contributed by atoms with E-state index in [1.54, 1.807) is 0 Å². The molecule has 2 aliphatic heterocycles. The Morgan fingerprint density at radius 2 is 1.96 bits per heavy atom. The van der Waals surface area contributed by atoms with Crippen LogP contribution in [0.5, 0.6) is 0 Å². The number of nitrogens with one attached hydrogen (secondary N) is 1. The molecule has 2 heterocycles. The second-order valence-corrected chi connectivity index (χ2v) is 9.21. The first-order valence-electron chi connectivity index (χ1n) is 9.04. The Kier molecular flexibility index (Phi) is 6.86. The van der Waals surface area contributed by atoms with Crippen molar-refractivity contribution in [2.45, 2.75) is 31.8 Å². The van der Waals surface area contributed by atoms with E-state index in [2.05, 4.69) is 4.72 Å². The van der Waals surface area contributed by atoms with E-state index in [4.69, 9.17) is 21.1 Å². The van der Waals surface area contributed by atoms with Crippen LogP contribution in [0.15, 0.2) is 12.1 Å². The van der Waals surface area contributed by atoms with Crippen molar-refractivity contribution < 1.29 is 27.1 Å². The van der Waals surface area contributed by atoms with Gasteiger partial charge in [0.05, 0.1) is 29.0 Å². The van der Waals surface area contributed by atoms with Crippen LogP contribution < -0.4 is 4.72 Å². The molecule has 2 aliphatic rings. The first-order chi connectivity index (χ1) is 12.9. The molecule has 1 unspecified atom stereocenters. The lowest BCUT2D eigenvalue weighted by Crippen LogP contribution is -2.35. The molecule has 3 rings (SSSR count). The van der Waals surface area contributed by atoms with Gasteiger partial charge in [-0.1, -0.05) is 11.6 Å². The number of hydrogen-bond acceptors (Lipinski definition) is 5. The molecule has 1 aromatic carbocycles. The lowest BCUT2D eigenvalue weighted by atomic mass is 10.0. The molecule has 1 atom stereocenters. The zero-order valence-electron chi connectivity index (χ0n) is 14.9. The Hall–Kier alpha value is -1.06. The highest BCUT2D eigenvalue weighted by Crippen LogP contribution is 2.32. The van der Waals surface area contributed by atoms with Crippen LogP contribution in [0.4, 0.5) is 4.39 Å². The molecule has 0 radical (unpaired) electrons. The Bertz CT molecular complexity index is 789. The zero-order valence-corrected chi connectivity index (χ0v) is 16.5. The van der Waals surface area contributed by atoms with Gasteiger partial charge in [0.25, 0.3) is 0 Å². The number of hydrogen-bond donors (Lipinski definition) is 1. The van der Waals surface area contributed by atoms with Crippen molar-refractivity contribution in [3.05, 3.63) is 34.1 Å². The van der Waals surface area contributed by atoms with Crippen molar-refractivity contribution in [2.24, 2.45) is 5.92 Å². The van der Waals surface area contributed by atoms with E-state index in [0.29, 0.717) is 38.2 Å². The van der Waals surface area contributed by atoms with Gasteiger partial charge in [0.15, 0.2) is 11.6 Å². The summed E-state index contributed by atoms with van der Waals surface area (Å²) in [5.41, 5.74) is 0.411. The second-order valence-electron chi connectivity index (χ2n) is 6.95. The van der Waals surface area contributed by atoms with E-state index < -0.39 is 28.2 Å². The minimum atomic E-state index is -3.64. The van der Waals surface area contributed by atoms with Crippen LogP contribution in [-0.2, 0) is 19.5 Å². The lowest BCUT2D eigenvalue weighted by Gasteiger charge is -2.21. The minimum absolute atomic E-state index is 0.000348. The minimum Gasteiger partial charge on any atom is -0.381 e. The summed E-state index contributed by atoms with van der Waals surface area (Å²) in [7, 11) is -3.64. The first-order valence-corrected chi connectivity index (χ1v) is 11.1. The maximum Gasteiger partial charge on any atom is 0.212 e. The standard InChI is InChI=1S/C18H23ClFNO5S/c19-15-9-13(17-2-1-5-26-17)8-14(18(15)20)16(22)10-21-27(23,24)11-12-3-6-25-7-4-12/h8-9,12,17,21H,1-7,10-11H2. The van der Waals surface area contributed by atoms with Gasteiger partial charge in [-0.2, -0.15) is 0 Å². The van der Waals surface area contributed by atoms with E-state index in [1.165, 1.54) is 12.1 Å². The number of Topliss-reactive ketones (excluding diaryl/α,β-unsaturated/α-hetero) is 1. The van der Waals surface area contributed by atoms with Crippen LogP contribution in [0, 0.1) is 11.7 Å². The predicted octanol–water partition coefficient (Wildman–Crippen LogP) is 2.86. The van der Waals surface area contributed by atoms with Crippen LogP contribution in [0.3, 0.4) is 0 Å². The summed E-state index contributed by atoms with van der Waals surface area (Å²) in [6, 6.07) is 2.87. The molecule has 0 spiro atoms. The lowest BCUT2D eigenvalue weighted by molar-refractivity contribution is 0.0722. The zero-order chi connectivity index (χ0) is 19.4. The fraction of sp³-hybridized carbons (Fsp3) is 0.611. The molecular formula is C18H23ClFNO5S. The third-order valence-corrected chi connectivity index (χ3v) is 6.67. The Morgan fingerprint density at radius 3 is 2.63 bits per heavy atom. The van der Waals surface area contributed by atoms with Crippen molar-refractivity contribution >= 4 is 27.4 Å². The third kappa shape index (κ3) is 5.48. The van der Waals surface area contributed by atoms with Crippen molar-refractivity contribution in [3.8, 4) is 0 Å². The van der Waals surface area contributed by atoms with Gasteiger partial charge >= 0.3 is 0 Å². The number of carbonyl (C=O) groups excluding carboxylic acids is 1. The summed E-state index contributed by atoms with van der Waals surface area (Å²) in [5.74, 6) is -1.57. The van der Waals surface area contributed by atoms with Gasteiger partial charge in [-0.25, -0.2) is 17.5 Å². The number of ketones is 1. The average molecular weight is 420 g/mol. The number of ether oxygens (including phenoxy) is 2. The summed E-state index contributed by atoms with van der Waals surface area (Å²) < 4.78 is 51.8. The number of carbonyl (C=O) groups is 1. The molecule has 0 aliphatic carbocycles. The van der Waals surface area contributed by atoms with Crippen molar-refractivity contribution in [3.63, 3.8) is 0 Å². The number of rotatable bonds is 7. The van der Waals surface area contributed by atoms with E-state index in [0.717, 1.165) is 12.8 Å². The van der Waals surface area contributed by atoms with Crippen LogP contribution >= 0.6 is 11.6 Å². The molecule has 6 nitrogen and oxygen atoms in total. The molecule has 1 aromatic rings. The largest absolute Gasteiger partial charge is 0.381 e. The second kappa shape index (κ2) is 8.96. The van der Waals surface area contributed by atoms with Gasteiger partial charge in [0, 0.05) is 19.8 Å². The van der Waals surface area contributed by atoms with E-state index >= 15 is 0 Å². The average Bonchev–Trinajstić information content (AvgIpc) is 3.17. The molecule has 2 saturated heterocycles. The monoisotopic (exact) mass is 419 g/mol. The topological polar surface area (TPSA) is 81.7 Å². The normalized spacial score (nSPS) is 21.5. The Morgan fingerprint density at radius 1 is 1.22 bits per heavy atom. The van der Waals surface area contributed by atoms with Gasteiger partial charge in [0.1, 0.15) is 0 Å². The summed E-state index contributed by atoms with van der Waals surface area (Å²) in [4.78, 5) is 12.4. The van der Waals surface area contributed by atoms with Crippen LogP contribution in [0.25, 0.3) is 0 Å². The molecule has 0 saturated carbocycles. The molecule has 27 heavy (non-hydrogen) atoms. The molecular weight excluding hydrogens is 397 g/mol. The van der Waals surface area contributed by atoms with Gasteiger partial charge in [0.2, 0.25) is 10.0 Å². The van der Waals surface area contributed by atoms with Gasteiger partial charge < -0.3 is 9.47 Å². The Balaban J connectivity index is 1.66. The highest BCUT2D eigenvalue weighted by Gasteiger charge is 2.25. The first kappa shape index (κ1) is 20.7. The molecule has 1 N–H and O–H groups in total. The summed E-state index contributed by atoms with van der Waals surface area (Å²) in [6.07, 6.45) is 2.77. The number of halogens is 2. The van der Waals surface area contributed by atoms with E-state index in [9.17, 15) is 17.6 Å². The van der Waals surface area contributed by atoms with Gasteiger partial charge in [-0.15, -0.1) is 0 Å². The predicted molar refractivity (Wildman–Crippen MR) is 99.0 cm³/mol. The Labute approximate surface area is 163 Å². The maximum absolute atomic E-state index is 14.3. The van der Waals surface area contributed by atoms with Crippen molar-refractivity contribution in [1.29, 1.82) is 0 Å².